The van der Waals surface area contributed by atoms with Crippen LogP contribution in [0.3, 0.4) is 0 Å². The fourth-order valence-electron chi connectivity index (χ4n) is 4.19. The summed E-state index contributed by atoms with van der Waals surface area (Å²) in [5, 5.41) is 7.22. The average molecular weight is 514 g/mol. The first-order chi connectivity index (χ1) is 17.4. The second kappa shape index (κ2) is 11.0. The van der Waals surface area contributed by atoms with Gasteiger partial charge in [0.25, 0.3) is 0 Å². The molecule has 10 nitrogen and oxygen atoms in total. The lowest BCUT2D eigenvalue weighted by Crippen LogP contribution is -2.45. The summed E-state index contributed by atoms with van der Waals surface area (Å²) in [6.07, 6.45) is 3.57. The second-order valence-electron chi connectivity index (χ2n) is 8.06. The number of methoxy groups -OCH3 is 3. The summed E-state index contributed by atoms with van der Waals surface area (Å²) in [6, 6.07) is 3.17. The number of hydrogen-bond acceptors (Lipinski definition) is 9. The van der Waals surface area contributed by atoms with Crippen LogP contribution in [0.5, 0.6) is 17.4 Å². The van der Waals surface area contributed by atoms with Gasteiger partial charge in [0.2, 0.25) is 17.7 Å². The number of pyridine rings is 1. The molecule has 0 bridgehead atoms. The van der Waals surface area contributed by atoms with E-state index in [4.69, 9.17) is 35.5 Å². The lowest BCUT2D eigenvalue weighted by Gasteiger charge is -2.20. The number of rotatable bonds is 9. The Morgan fingerprint density at radius 1 is 1.17 bits per heavy atom. The third-order valence-electron chi connectivity index (χ3n) is 5.98. The number of ether oxygens (including phenoxy) is 4. The summed E-state index contributed by atoms with van der Waals surface area (Å²) >= 11 is 6.73. The van der Waals surface area contributed by atoms with Gasteiger partial charge in [0.1, 0.15) is 17.0 Å². The summed E-state index contributed by atoms with van der Waals surface area (Å²) in [7, 11) is 4.68. The number of aromatic nitrogens is 3. The van der Waals surface area contributed by atoms with Crippen molar-refractivity contribution in [3.63, 3.8) is 0 Å². The summed E-state index contributed by atoms with van der Waals surface area (Å²) in [4.78, 5) is 25.5. The first-order valence-electron chi connectivity index (χ1n) is 11.4. The number of carbonyl (C=O) groups excluding carboxylic acids is 1. The Kier molecular flexibility index (Phi) is 7.76. The fraction of sp³-hybridized carbons (Fsp3) is 0.360. The quantitative estimate of drug-likeness (QED) is 0.415. The molecule has 36 heavy (non-hydrogen) atoms. The largest absolute Gasteiger partial charge is 0.496 e. The molecule has 1 saturated heterocycles. The van der Waals surface area contributed by atoms with E-state index >= 15 is 0 Å². The van der Waals surface area contributed by atoms with Crippen molar-refractivity contribution < 1.29 is 23.7 Å². The normalized spacial score (nSPS) is 17.0. The summed E-state index contributed by atoms with van der Waals surface area (Å²) in [6.45, 7) is 6.28. The van der Waals surface area contributed by atoms with E-state index in [2.05, 4.69) is 27.2 Å². The van der Waals surface area contributed by atoms with Crippen LogP contribution in [0.2, 0.25) is 5.02 Å². The summed E-state index contributed by atoms with van der Waals surface area (Å²) in [5.74, 6) is 1.54. The number of amides is 1. The van der Waals surface area contributed by atoms with Crippen LogP contribution in [-0.4, -0.2) is 67.5 Å². The van der Waals surface area contributed by atoms with Gasteiger partial charge in [-0.15, -0.1) is 0 Å². The number of halogens is 1. The van der Waals surface area contributed by atoms with Gasteiger partial charge in [0, 0.05) is 28.8 Å². The highest BCUT2D eigenvalue weighted by Crippen LogP contribution is 2.44. The van der Waals surface area contributed by atoms with E-state index in [0.717, 1.165) is 5.56 Å². The second-order valence-corrected chi connectivity index (χ2v) is 8.44. The highest BCUT2D eigenvalue weighted by Gasteiger charge is 2.30. The van der Waals surface area contributed by atoms with Crippen LogP contribution in [0.1, 0.15) is 12.5 Å². The van der Waals surface area contributed by atoms with E-state index in [1.807, 2.05) is 13.0 Å². The van der Waals surface area contributed by atoms with Crippen LogP contribution in [0, 0.1) is 0 Å². The Morgan fingerprint density at radius 2 is 1.92 bits per heavy atom. The number of nitrogens with zero attached hydrogens (tertiary/aromatic N) is 3. The Labute approximate surface area is 214 Å². The standard InChI is InChI=1S/C25H28ClN5O5/c1-6-14-18(33-3)9-19(34-4)22(26)21(14)15-8-13-10-27-25(31-23(13)24(29-15)35-5)30-17-12-36-11-16(17)28-20(32)7-2/h7-10,16-17H,2,6,11-12H2,1,3-5H3,(H,28,32)(H,27,30,31). The van der Waals surface area contributed by atoms with Gasteiger partial charge in [-0.05, 0) is 18.6 Å². The predicted octanol–water partition coefficient (Wildman–Crippen LogP) is 3.41. The highest BCUT2D eigenvalue weighted by molar-refractivity contribution is 6.35. The third-order valence-corrected chi connectivity index (χ3v) is 6.36. The van der Waals surface area contributed by atoms with Crippen molar-refractivity contribution in [2.45, 2.75) is 25.4 Å². The van der Waals surface area contributed by atoms with Gasteiger partial charge in [-0.25, -0.2) is 15.0 Å². The number of nitrogens with one attached hydrogen (secondary N) is 2. The zero-order valence-electron chi connectivity index (χ0n) is 20.6. The van der Waals surface area contributed by atoms with Gasteiger partial charge >= 0.3 is 0 Å². The zero-order valence-corrected chi connectivity index (χ0v) is 21.3. The summed E-state index contributed by atoms with van der Waals surface area (Å²) < 4.78 is 22.2. The van der Waals surface area contributed by atoms with E-state index in [1.165, 1.54) is 13.2 Å². The van der Waals surface area contributed by atoms with Crippen molar-refractivity contribution in [3.05, 3.63) is 41.6 Å². The zero-order chi connectivity index (χ0) is 25.8. The monoisotopic (exact) mass is 513 g/mol. The molecular formula is C25H28ClN5O5. The maximum Gasteiger partial charge on any atom is 0.243 e. The first-order valence-corrected chi connectivity index (χ1v) is 11.7. The maximum absolute atomic E-state index is 11.7. The average Bonchev–Trinajstić information content (AvgIpc) is 3.33. The van der Waals surface area contributed by atoms with Gasteiger partial charge in [-0.2, -0.15) is 0 Å². The minimum absolute atomic E-state index is 0.209. The van der Waals surface area contributed by atoms with Crippen molar-refractivity contribution in [2.24, 2.45) is 0 Å². The molecule has 2 aromatic heterocycles. The van der Waals surface area contributed by atoms with Crippen molar-refractivity contribution in [1.29, 1.82) is 0 Å². The molecule has 1 aromatic carbocycles. The molecule has 3 aromatic rings. The summed E-state index contributed by atoms with van der Waals surface area (Å²) in [5.41, 5.74) is 2.69. The van der Waals surface area contributed by atoms with Crippen molar-refractivity contribution in [1.82, 2.24) is 20.3 Å². The van der Waals surface area contributed by atoms with E-state index in [-0.39, 0.29) is 18.0 Å². The Bertz CT molecular complexity index is 1300. The van der Waals surface area contributed by atoms with Crippen LogP contribution in [0.4, 0.5) is 5.95 Å². The molecule has 190 valence electrons. The topological polar surface area (TPSA) is 117 Å². The SMILES string of the molecule is C=CC(=O)NC1COCC1Nc1ncc2cc(-c3c(Cl)c(OC)cc(OC)c3CC)nc(OC)c2n1. The van der Waals surface area contributed by atoms with Gasteiger partial charge in [-0.1, -0.05) is 25.1 Å². The van der Waals surface area contributed by atoms with Crippen LogP contribution in [0.25, 0.3) is 22.2 Å². The van der Waals surface area contributed by atoms with E-state index in [9.17, 15) is 4.79 Å². The number of fused-ring (bicyclic) bond motifs is 1. The molecule has 2 N–H and O–H groups in total. The van der Waals surface area contributed by atoms with Gasteiger partial charge in [0.05, 0.1) is 57.3 Å². The molecule has 1 fully saturated rings. The molecule has 4 rings (SSSR count). The molecule has 1 aliphatic heterocycles. The Balaban J connectivity index is 1.75. The van der Waals surface area contributed by atoms with Crippen LogP contribution in [-0.2, 0) is 16.0 Å². The molecule has 1 amide bonds. The minimum atomic E-state index is -0.269. The Hall–Kier alpha value is -3.63. The van der Waals surface area contributed by atoms with Crippen LogP contribution >= 0.6 is 11.6 Å². The van der Waals surface area contributed by atoms with Crippen LogP contribution in [0.15, 0.2) is 31.0 Å². The molecule has 0 radical (unpaired) electrons. The lowest BCUT2D eigenvalue weighted by molar-refractivity contribution is -0.117. The third kappa shape index (κ3) is 4.87. The number of benzene rings is 1. The molecular weight excluding hydrogens is 486 g/mol. The van der Waals surface area contributed by atoms with Gasteiger partial charge in [-0.3, -0.25) is 4.79 Å². The number of hydrogen-bond donors (Lipinski definition) is 2. The van der Waals surface area contributed by atoms with Crippen molar-refractivity contribution in [2.75, 3.05) is 39.9 Å². The predicted molar refractivity (Wildman–Crippen MR) is 137 cm³/mol. The van der Waals surface area contributed by atoms with E-state index in [0.29, 0.717) is 70.1 Å². The molecule has 11 heteroatoms. The fourth-order valence-corrected chi connectivity index (χ4v) is 4.54. The molecule has 1 aliphatic rings. The van der Waals surface area contributed by atoms with E-state index in [1.54, 1.807) is 26.5 Å². The number of carbonyl (C=O) groups is 1. The molecule has 3 heterocycles. The highest BCUT2D eigenvalue weighted by atomic mass is 35.5. The smallest absolute Gasteiger partial charge is 0.243 e. The first kappa shape index (κ1) is 25.5. The maximum atomic E-state index is 11.7. The molecule has 0 aliphatic carbocycles. The molecule has 0 spiro atoms. The van der Waals surface area contributed by atoms with Crippen molar-refractivity contribution >= 4 is 34.4 Å². The Morgan fingerprint density at radius 3 is 2.58 bits per heavy atom. The van der Waals surface area contributed by atoms with Gasteiger partial charge in [0.15, 0.2) is 0 Å². The van der Waals surface area contributed by atoms with Crippen LogP contribution < -0.4 is 24.8 Å². The number of anilines is 1. The van der Waals surface area contributed by atoms with E-state index < -0.39 is 0 Å². The molecule has 2 unspecified atom stereocenters. The minimum Gasteiger partial charge on any atom is -0.496 e. The molecule has 2 atom stereocenters. The molecule has 0 saturated carbocycles. The lowest BCUT2D eigenvalue weighted by atomic mass is 9.99. The van der Waals surface area contributed by atoms with Gasteiger partial charge < -0.3 is 29.6 Å². The van der Waals surface area contributed by atoms with Crippen molar-refractivity contribution in [3.8, 4) is 28.6 Å².